The second-order valence-corrected chi connectivity index (χ2v) is 7.35. The van der Waals surface area contributed by atoms with Crippen LogP contribution in [-0.4, -0.2) is 21.9 Å². The largest absolute Gasteiger partial charge is 0.403 e. The van der Waals surface area contributed by atoms with Crippen LogP contribution in [0.15, 0.2) is 51.8 Å². The molecule has 5 nitrogen and oxygen atoms in total. The number of benzene rings is 2. The van der Waals surface area contributed by atoms with Crippen LogP contribution >= 0.6 is 11.8 Å². The molecule has 0 unspecified atom stereocenters. The van der Waals surface area contributed by atoms with Crippen molar-refractivity contribution >= 4 is 23.7 Å². The number of aryl methyl sites for hydroxylation is 2. The maximum absolute atomic E-state index is 12.2. The Hall–Kier alpha value is -2.60. The van der Waals surface area contributed by atoms with Gasteiger partial charge in [-0.25, -0.2) is 0 Å². The van der Waals surface area contributed by atoms with Gasteiger partial charge in [0.05, 0.1) is 6.42 Å². The second kappa shape index (κ2) is 8.19. The molecule has 1 heterocycles. The summed E-state index contributed by atoms with van der Waals surface area (Å²) < 4.78 is 5.57. The molecule has 3 rings (SSSR count). The predicted molar refractivity (Wildman–Crippen MR) is 104 cm³/mol. The van der Waals surface area contributed by atoms with Gasteiger partial charge in [-0.2, -0.15) is 0 Å². The van der Waals surface area contributed by atoms with E-state index in [1.54, 1.807) is 11.8 Å². The highest BCUT2D eigenvalue weighted by Gasteiger charge is 2.12. The summed E-state index contributed by atoms with van der Waals surface area (Å²) in [6.45, 7) is 6.19. The molecule has 26 heavy (non-hydrogen) atoms. The molecule has 0 radical (unpaired) electrons. The van der Waals surface area contributed by atoms with E-state index < -0.39 is 0 Å². The van der Waals surface area contributed by atoms with Crippen LogP contribution in [0.4, 0.5) is 6.01 Å². The third-order valence-electron chi connectivity index (χ3n) is 4.02. The minimum atomic E-state index is -0.184. The number of anilines is 1. The van der Waals surface area contributed by atoms with Gasteiger partial charge in [-0.15, -0.1) is 16.9 Å². The number of aromatic nitrogens is 2. The molecule has 0 bridgehead atoms. The predicted octanol–water partition coefficient (Wildman–Crippen LogP) is 4.65. The topological polar surface area (TPSA) is 68.0 Å². The second-order valence-electron chi connectivity index (χ2n) is 6.01. The Kier molecular flexibility index (Phi) is 5.73. The van der Waals surface area contributed by atoms with Crippen LogP contribution in [0.25, 0.3) is 11.5 Å². The van der Waals surface area contributed by atoms with Gasteiger partial charge in [-0.1, -0.05) is 30.2 Å². The SMILES string of the molecule is CCSc1ccc(CC(=O)Nc2nnc(-c3ccc(C)c(C)c3)o2)cc1. The summed E-state index contributed by atoms with van der Waals surface area (Å²) in [5.41, 5.74) is 4.13. The van der Waals surface area contributed by atoms with Gasteiger partial charge in [-0.3, -0.25) is 10.1 Å². The van der Waals surface area contributed by atoms with E-state index in [0.717, 1.165) is 22.4 Å². The zero-order valence-corrected chi connectivity index (χ0v) is 15.9. The molecule has 2 aromatic carbocycles. The molecule has 0 saturated heterocycles. The fraction of sp³-hybridized carbons (Fsp3) is 0.250. The van der Waals surface area contributed by atoms with Gasteiger partial charge in [0.1, 0.15) is 0 Å². The van der Waals surface area contributed by atoms with Gasteiger partial charge < -0.3 is 4.42 Å². The highest BCUT2D eigenvalue weighted by Crippen LogP contribution is 2.22. The Morgan fingerprint density at radius 3 is 2.54 bits per heavy atom. The van der Waals surface area contributed by atoms with Crippen LogP contribution in [0.2, 0.25) is 0 Å². The molecule has 134 valence electrons. The minimum Gasteiger partial charge on any atom is -0.403 e. The van der Waals surface area contributed by atoms with E-state index in [4.69, 9.17) is 4.42 Å². The lowest BCUT2D eigenvalue weighted by molar-refractivity contribution is -0.115. The van der Waals surface area contributed by atoms with Crippen molar-refractivity contribution in [2.24, 2.45) is 0 Å². The maximum Gasteiger partial charge on any atom is 0.322 e. The Bertz CT molecular complexity index is 904. The lowest BCUT2D eigenvalue weighted by Gasteiger charge is -2.03. The summed E-state index contributed by atoms with van der Waals surface area (Å²) in [5, 5.41) is 10.6. The molecule has 0 aliphatic carbocycles. The quantitative estimate of drug-likeness (QED) is 0.643. The van der Waals surface area contributed by atoms with E-state index in [1.165, 1.54) is 10.5 Å². The van der Waals surface area contributed by atoms with Crippen molar-refractivity contribution in [1.29, 1.82) is 0 Å². The number of carbonyl (C=O) groups is 1. The monoisotopic (exact) mass is 367 g/mol. The smallest absolute Gasteiger partial charge is 0.322 e. The molecule has 0 atom stereocenters. The van der Waals surface area contributed by atoms with Crippen LogP contribution in [0, 0.1) is 13.8 Å². The van der Waals surface area contributed by atoms with Crippen molar-refractivity contribution in [3.8, 4) is 11.5 Å². The Balaban J connectivity index is 1.63. The van der Waals surface area contributed by atoms with Gasteiger partial charge in [0, 0.05) is 10.5 Å². The van der Waals surface area contributed by atoms with Crippen LogP contribution in [0.5, 0.6) is 0 Å². The van der Waals surface area contributed by atoms with E-state index in [9.17, 15) is 4.79 Å². The third kappa shape index (κ3) is 4.52. The Labute approximate surface area is 157 Å². The highest BCUT2D eigenvalue weighted by atomic mass is 32.2. The van der Waals surface area contributed by atoms with Crippen LogP contribution in [0.3, 0.4) is 0 Å². The molecule has 0 fully saturated rings. The summed E-state index contributed by atoms with van der Waals surface area (Å²) in [6.07, 6.45) is 0.262. The zero-order valence-electron chi connectivity index (χ0n) is 15.1. The highest BCUT2D eigenvalue weighted by molar-refractivity contribution is 7.99. The Morgan fingerprint density at radius 1 is 1.08 bits per heavy atom. The van der Waals surface area contributed by atoms with Gasteiger partial charge in [-0.05, 0) is 60.6 Å². The van der Waals surface area contributed by atoms with Gasteiger partial charge in [0.15, 0.2) is 0 Å². The number of amides is 1. The summed E-state index contributed by atoms with van der Waals surface area (Å²) in [6, 6.07) is 14.0. The molecule has 1 N–H and O–H groups in total. The zero-order chi connectivity index (χ0) is 18.5. The molecule has 0 spiro atoms. The first-order valence-corrected chi connectivity index (χ1v) is 9.46. The van der Waals surface area contributed by atoms with Crippen LogP contribution in [0.1, 0.15) is 23.6 Å². The summed E-state index contributed by atoms with van der Waals surface area (Å²) in [4.78, 5) is 13.4. The number of hydrogen-bond donors (Lipinski definition) is 1. The molecule has 3 aromatic rings. The van der Waals surface area contributed by atoms with E-state index in [-0.39, 0.29) is 18.3 Å². The molecule has 0 aliphatic heterocycles. The molecule has 1 aromatic heterocycles. The number of nitrogens with one attached hydrogen (secondary N) is 1. The first-order valence-electron chi connectivity index (χ1n) is 8.48. The van der Waals surface area contributed by atoms with Gasteiger partial charge >= 0.3 is 6.01 Å². The van der Waals surface area contributed by atoms with Crippen molar-refractivity contribution in [2.75, 3.05) is 11.1 Å². The lowest BCUT2D eigenvalue weighted by atomic mass is 10.1. The normalized spacial score (nSPS) is 10.7. The molecule has 1 amide bonds. The third-order valence-corrected chi connectivity index (χ3v) is 4.92. The van der Waals surface area contributed by atoms with E-state index >= 15 is 0 Å². The van der Waals surface area contributed by atoms with Crippen molar-refractivity contribution in [3.63, 3.8) is 0 Å². The van der Waals surface area contributed by atoms with Crippen LogP contribution in [-0.2, 0) is 11.2 Å². The average Bonchev–Trinajstić information content (AvgIpc) is 3.07. The average molecular weight is 367 g/mol. The van der Waals surface area contributed by atoms with Crippen molar-refractivity contribution in [2.45, 2.75) is 32.1 Å². The molecule has 6 heteroatoms. The van der Waals surface area contributed by atoms with E-state index in [0.29, 0.717) is 5.89 Å². The number of rotatable bonds is 6. The number of nitrogens with zero attached hydrogens (tertiary/aromatic N) is 2. The van der Waals surface area contributed by atoms with E-state index in [1.807, 2.05) is 56.3 Å². The maximum atomic E-state index is 12.2. The van der Waals surface area contributed by atoms with Crippen molar-refractivity contribution < 1.29 is 9.21 Å². The molecule has 0 aliphatic rings. The molecular weight excluding hydrogens is 346 g/mol. The molecular formula is C20H21N3O2S. The first kappa shape index (κ1) is 18.2. The Morgan fingerprint density at radius 2 is 1.85 bits per heavy atom. The van der Waals surface area contributed by atoms with Gasteiger partial charge in [0.2, 0.25) is 11.8 Å². The van der Waals surface area contributed by atoms with Crippen LogP contribution < -0.4 is 5.32 Å². The molecule has 0 saturated carbocycles. The first-order chi connectivity index (χ1) is 12.5. The fourth-order valence-corrected chi connectivity index (χ4v) is 3.15. The summed E-state index contributed by atoms with van der Waals surface area (Å²) >= 11 is 1.77. The van der Waals surface area contributed by atoms with Crippen molar-refractivity contribution in [3.05, 3.63) is 59.2 Å². The van der Waals surface area contributed by atoms with Crippen molar-refractivity contribution in [1.82, 2.24) is 10.2 Å². The standard InChI is InChI=1S/C20H21N3O2S/c1-4-26-17-9-6-15(7-10-17)12-18(24)21-20-23-22-19(25-20)16-8-5-13(2)14(3)11-16/h5-11H,4,12H2,1-3H3,(H,21,23,24). The fourth-order valence-electron chi connectivity index (χ4n) is 2.48. The summed E-state index contributed by atoms with van der Waals surface area (Å²) in [5.74, 6) is 1.24. The van der Waals surface area contributed by atoms with Gasteiger partial charge in [0.25, 0.3) is 0 Å². The number of hydrogen-bond acceptors (Lipinski definition) is 5. The lowest BCUT2D eigenvalue weighted by Crippen LogP contribution is -2.14. The number of carbonyl (C=O) groups excluding carboxylic acids is 1. The summed E-state index contributed by atoms with van der Waals surface area (Å²) in [7, 11) is 0. The van der Waals surface area contributed by atoms with E-state index in [2.05, 4.69) is 22.4 Å². The number of thioether (sulfide) groups is 1. The minimum absolute atomic E-state index is 0.112.